The van der Waals surface area contributed by atoms with E-state index in [0.717, 1.165) is 5.56 Å². The Labute approximate surface area is 158 Å². The molecule has 9 nitrogen and oxygen atoms in total. The van der Waals surface area contributed by atoms with Gasteiger partial charge in [0, 0.05) is 24.2 Å². The minimum Gasteiger partial charge on any atom is -0.497 e. The first-order valence-electron chi connectivity index (χ1n) is 7.81. The van der Waals surface area contributed by atoms with Gasteiger partial charge in [-0.1, -0.05) is 23.5 Å². The quantitative estimate of drug-likeness (QED) is 0.493. The van der Waals surface area contributed by atoms with E-state index in [4.69, 9.17) is 4.74 Å². The van der Waals surface area contributed by atoms with Gasteiger partial charge in [0.05, 0.1) is 12.0 Å². The highest BCUT2D eigenvalue weighted by Crippen LogP contribution is 2.21. The predicted molar refractivity (Wildman–Crippen MR) is 101 cm³/mol. The number of amides is 2. The van der Waals surface area contributed by atoms with Crippen molar-refractivity contribution in [1.82, 2.24) is 10.2 Å². The Hall–Kier alpha value is -3.53. The number of carbonyl (C=O) groups excluding carboxylic acids is 1. The zero-order valence-corrected chi connectivity index (χ0v) is 15.0. The van der Waals surface area contributed by atoms with E-state index in [9.17, 15) is 14.9 Å². The molecule has 0 atom stereocenters. The SMILES string of the molecule is COc1ccc(NC(=O)Nc2nnc(Cc3ccc([N+](=O)[O-])cc3)s2)cc1. The molecule has 0 unspecified atom stereocenters. The third-order valence-corrected chi connectivity index (χ3v) is 4.38. The van der Waals surface area contributed by atoms with E-state index in [2.05, 4.69) is 20.8 Å². The standard InChI is InChI=1S/C17H15N5O4S/c1-26-14-8-4-12(5-9-14)18-16(23)19-17-21-20-15(27-17)10-11-2-6-13(7-3-11)22(24)25/h2-9H,10H2,1H3,(H2,18,19,21,23). The maximum Gasteiger partial charge on any atom is 0.325 e. The van der Waals surface area contributed by atoms with Gasteiger partial charge in [-0.3, -0.25) is 15.4 Å². The molecule has 1 aromatic heterocycles. The van der Waals surface area contributed by atoms with Crippen LogP contribution in [0.3, 0.4) is 0 Å². The first-order chi connectivity index (χ1) is 13.0. The van der Waals surface area contributed by atoms with E-state index in [1.54, 1.807) is 43.5 Å². The van der Waals surface area contributed by atoms with Crippen LogP contribution in [0.4, 0.5) is 21.3 Å². The molecule has 0 saturated carbocycles. The second-order valence-corrected chi connectivity index (χ2v) is 6.47. The van der Waals surface area contributed by atoms with Crippen molar-refractivity contribution in [2.45, 2.75) is 6.42 Å². The largest absolute Gasteiger partial charge is 0.497 e. The van der Waals surface area contributed by atoms with Gasteiger partial charge in [-0.2, -0.15) is 0 Å². The number of aromatic nitrogens is 2. The molecule has 0 aliphatic heterocycles. The lowest BCUT2D eigenvalue weighted by Crippen LogP contribution is -2.19. The van der Waals surface area contributed by atoms with Gasteiger partial charge in [0.15, 0.2) is 0 Å². The molecule has 3 aromatic rings. The Morgan fingerprint density at radius 3 is 2.44 bits per heavy atom. The smallest absolute Gasteiger partial charge is 0.325 e. The number of anilines is 2. The maximum atomic E-state index is 12.0. The van der Waals surface area contributed by atoms with E-state index < -0.39 is 11.0 Å². The van der Waals surface area contributed by atoms with E-state index in [1.807, 2.05) is 0 Å². The lowest BCUT2D eigenvalue weighted by Gasteiger charge is -2.05. The molecule has 2 amide bonds. The molecule has 10 heteroatoms. The zero-order valence-electron chi connectivity index (χ0n) is 14.2. The number of rotatable bonds is 6. The summed E-state index contributed by atoms with van der Waals surface area (Å²) >= 11 is 1.24. The number of nitro benzene ring substituents is 1. The minimum absolute atomic E-state index is 0.0357. The van der Waals surface area contributed by atoms with Gasteiger partial charge < -0.3 is 10.1 Å². The molecule has 0 bridgehead atoms. The van der Waals surface area contributed by atoms with Gasteiger partial charge in [0.1, 0.15) is 10.8 Å². The van der Waals surface area contributed by atoms with E-state index in [0.29, 0.717) is 28.0 Å². The first-order valence-corrected chi connectivity index (χ1v) is 8.63. The number of benzene rings is 2. The fourth-order valence-corrected chi connectivity index (χ4v) is 2.99. The highest BCUT2D eigenvalue weighted by atomic mass is 32.1. The van der Waals surface area contributed by atoms with Gasteiger partial charge in [-0.25, -0.2) is 4.79 Å². The normalized spacial score (nSPS) is 10.3. The number of nitro groups is 1. The van der Waals surface area contributed by atoms with Gasteiger partial charge in [0.25, 0.3) is 5.69 Å². The molecule has 0 spiro atoms. The highest BCUT2D eigenvalue weighted by Gasteiger charge is 2.10. The van der Waals surface area contributed by atoms with E-state index >= 15 is 0 Å². The van der Waals surface area contributed by atoms with E-state index in [1.165, 1.54) is 23.5 Å². The van der Waals surface area contributed by atoms with Crippen LogP contribution in [0.5, 0.6) is 5.75 Å². The van der Waals surface area contributed by atoms with Gasteiger partial charge >= 0.3 is 6.03 Å². The monoisotopic (exact) mass is 385 g/mol. The Bertz CT molecular complexity index is 941. The van der Waals surface area contributed by atoms with E-state index in [-0.39, 0.29) is 5.69 Å². The molecule has 27 heavy (non-hydrogen) atoms. The van der Waals surface area contributed by atoms with Crippen molar-refractivity contribution >= 4 is 33.9 Å². The molecule has 1 heterocycles. The number of methoxy groups -OCH3 is 1. The Balaban J connectivity index is 1.56. The summed E-state index contributed by atoms with van der Waals surface area (Å²) in [7, 11) is 1.57. The fourth-order valence-electron chi connectivity index (χ4n) is 2.22. The Morgan fingerprint density at radius 1 is 1.11 bits per heavy atom. The summed E-state index contributed by atoms with van der Waals surface area (Å²) in [6.07, 6.45) is 0.470. The number of carbonyl (C=O) groups is 1. The third kappa shape index (κ3) is 4.98. The number of ether oxygens (including phenoxy) is 1. The Kier molecular flexibility index (Phi) is 5.57. The molecule has 2 N–H and O–H groups in total. The summed E-state index contributed by atoms with van der Waals surface area (Å²) in [4.78, 5) is 22.3. The summed E-state index contributed by atoms with van der Waals surface area (Å²) in [5.74, 6) is 0.695. The van der Waals surface area contributed by atoms with Crippen LogP contribution in [0, 0.1) is 10.1 Å². The molecule has 3 rings (SSSR count). The predicted octanol–water partition coefficient (Wildman–Crippen LogP) is 3.69. The van der Waals surface area contributed by atoms with Crippen LogP contribution in [0.25, 0.3) is 0 Å². The number of hydrogen-bond donors (Lipinski definition) is 2. The van der Waals surface area contributed by atoms with Crippen molar-refractivity contribution in [3.63, 3.8) is 0 Å². The van der Waals surface area contributed by atoms with Crippen LogP contribution in [0.15, 0.2) is 48.5 Å². The molecular weight excluding hydrogens is 370 g/mol. The average molecular weight is 385 g/mol. The molecule has 0 saturated heterocycles. The number of nitrogens with one attached hydrogen (secondary N) is 2. The number of non-ortho nitro benzene ring substituents is 1. The Morgan fingerprint density at radius 2 is 1.81 bits per heavy atom. The molecule has 0 radical (unpaired) electrons. The van der Waals surface area contributed by atoms with Crippen LogP contribution in [0.2, 0.25) is 0 Å². The number of hydrogen-bond acceptors (Lipinski definition) is 7. The molecule has 0 fully saturated rings. The van der Waals surface area contributed by atoms with Crippen LogP contribution in [-0.4, -0.2) is 28.3 Å². The number of nitrogens with zero attached hydrogens (tertiary/aromatic N) is 3. The second-order valence-electron chi connectivity index (χ2n) is 5.41. The van der Waals surface area contributed by atoms with Gasteiger partial charge in [-0.15, -0.1) is 10.2 Å². The van der Waals surface area contributed by atoms with Crippen LogP contribution in [-0.2, 0) is 6.42 Å². The lowest BCUT2D eigenvalue weighted by atomic mass is 10.1. The summed E-state index contributed by atoms with van der Waals surface area (Å²) in [6.45, 7) is 0. The maximum absolute atomic E-state index is 12.0. The second kappa shape index (κ2) is 8.23. The van der Waals surface area contributed by atoms with Crippen molar-refractivity contribution in [1.29, 1.82) is 0 Å². The lowest BCUT2D eigenvalue weighted by molar-refractivity contribution is -0.384. The summed E-state index contributed by atoms with van der Waals surface area (Å²) in [5, 5.41) is 25.0. The molecule has 0 aliphatic rings. The summed E-state index contributed by atoms with van der Waals surface area (Å²) in [6, 6.07) is 12.7. The average Bonchev–Trinajstić information content (AvgIpc) is 3.09. The van der Waals surface area contributed by atoms with Crippen molar-refractivity contribution in [2.75, 3.05) is 17.7 Å². The molecule has 138 valence electrons. The fraction of sp³-hybridized carbons (Fsp3) is 0.118. The molecule has 0 aliphatic carbocycles. The van der Waals surface area contributed by atoms with Crippen molar-refractivity contribution in [3.05, 3.63) is 69.2 Å². The minimum atomic E-state index is -0.446. The van der Waals surface area contributed by atoms with Crippen molar-refractivity contribution < 1.29 is 14.5 Å². The molecule has 2 aromatic carbocycles. The number of urea groups is 1. The zero-order chi connectivity index (χ0) is 19.2. The van der Waals surface area contributed by atoms with Crippen LogP contribution < -0.4 is 15.4 Å². The van der Waals surface area contributed by atoms with Crippen LogP contribution >= 0.6 is 11.3 Å². The first kappa shape index (κ1) is 18.3. The van der Waals surface area contributed by atoms with Gasteiger partial charge in [-0.05, 0) is 29.8 Å². The van der Waals surface area contributed by atoms with Crippen molar-refractivity contribution in [3.8, 4) is 5.75 Å². The molecular formula is C17H15N5O4S. The van der Waals surface area contributed by atoms with Crippen molar-refractivity contribution in [2.24, 2.45) is 0 Å². The topological polar surface area (TPSA) is 119 Å². The highest BCUT2D eigenvalue weighted by molar-refractivity contribution is 7.15. The van der Waals surface area contributed by atoms with Crippen LogP contribution in [0.1, 0.15) is 10.6 Å². The third-order valence-electron chi connectivity index (χ3n) is 3.54. The summed E-state index contributed by atoms with van der Waals surface area (Å²) in [5.41, 5.74) is 1.52. The summed E-state index contributed by atoms with van der Waals surface area (Å²) < 4.78 is 5.06. The van der Waals surface area contributed by atoms with Gasteiger partial charge in [0.2, 0.25) is 5.13 Å².